The average molecular weight is 301 g/mol. The fourth-order valence-corrected chi connectivity index (χ4v) is 2.71. The first kappa shape index (κ1) is 14.9. The summed E-state index contributed by atoms with van der Waals surface area (Å²) in [5.74, 6) is 0. The van der Waals surface area contributed by atoms with Crippen molar-refractivity contribution in [1.29, 1.82) is 0 Å². The summed E-state index contributed by atoms with van der Waals surface area (Å²) in [6.45, 7) is 2.59. The molecular weight excluding hydrogens is 287 g/mol. The lowest BCUT2D eigenvalue weighted by Crippen LogP contribution is -2.22. The van der Waals surface area contributed by atoms with Gasteiger partial charge in [0.1, 0.15) is 0 Å². The minimum atomic E-state index is -4.38. The molecule has 0 bridgehead atoms. The summed E-state index contributed by atoms with van der Waals surface area (Å²) in [5.41, 5.74) is 0.973. The highest BCUT2D eigenvalue weighted by Crippen LogP contribution is 2.35. The lowest BCUT2D eigenvalue weighted by atomic mass is 10.1. The van der Waals surface area contributed by atoms with Gasteiger partial charge in [-0.15, -0.1) is 11.3 Å². The third kappa shape index (κ3) is 3.77. The van der Waals surface area contributed by atoms with Crippen LogP contribution in [0.25, 0.3) is 0 Å². The molecule has 7 heteroatoms. The second-order valence-corrected chi connectivity index (χ2v) is 5.30. The third-order valence-electron chi connectivity index (χ3n) is 2.72. The molecule has 0 aliphatic rings. The van der Waals surface area contributed by atoms with E-state index in [4.69, 9.17) is 0 Å². The fraction of sp³-hybridized carbons (Fsp3) is 0.385. The first-order chi connectivity index (χ1) is 9.50. The van der Waals surface area contributed by atoms with E-state index in [2.05, 4.69) is 15.3 Å². The Bertz CT molecular complexity index is 539. The van der Waals surface area contributed by atoms with Gasteiger partial charge in [-0.3, -0.25) is 4.98 Å². The first-order valence-corrected chi connectivity index (χ1v) is 6.97. The van der Waals surface area contributed by atoms with Gasteiger partial charge in [0.05, 0.1) is 0 Å². The highest BCUT2D eigenvalue weighted by molar-refractivity contribution is 7.11. The van der Waals surface area contributed by atoms with Gasteiger partial charge in [-0.2, -0.15) is 13.2 Å². The molecule has 0 aromatic carbocycles. The van der Waals surface area contributed by atoms with E-state index in [0.717, 1.165) is 5.56 Å². The number of alkyl halides is 3. The van der Waals surface area contributed by atoms with Crippen molar-refractivity contribution >= 4 is 11.3 Å². The minimum absolute atomic E-state index is 0.183. The zero-order valence-electron chi connectivity index (χ0n) is 10.8. The first-order valence-electron chi connectivity index (χ1n) is 6.16. The van der Waals surface area contributed by atoms with Crippen LogP contribution < -0.4 is 5.32 Å². The van der Waals surface area contributed by atoms with Crippen molar-refractivity contribution in [2.45, 2.75) is 25.6 Å². The van der Waals surface area contributed by atoms with E-state index in [9.17, 15) is 13.2 Å². The SMILES string of the molecule is CCNC(Cc1cccnc1)c1cnc(C(F)(F)F)s1. The Morgan fingerprint density at radius 2 is 2.15 bits per heavy atom. The van der Waals surface area contributed by atoms with Crippen molar-refractivity contribution in [3.8, 4) is 0 Å². The monoisotopic (exact) mass is 301 g/mol. The van der Waals surface area contributed by atoms with Crippen LogP contribution in [0, 0.1) is 0 Å². The number of halogens is 3. The maximum atomic E-state index is 12.6. The van der Waals surface area contributed by atoms with Crippen molar-refractivity contribution in [2.75, 3.05) is 6.54 Å². The van der Waals surface area contributed by atoms with Crippen LogP contribution in [-0.4, -0.2) is 16.5 Å². The van der Waals surface area contributed by atoms with Gasteiger partial charge < -0.3 is 5.32 Å². The van der Waals surface area contributed by atoms with Crippen LogP contribution in [0.3, 0.4) is 0 Å². The highest BCUT2D eigenvalue weighted by atomic mass is 32.1. The molecule has 0 spiro atoms. The molecule has 3 nitrogen and oxygen atoms in total. The quantitative estimate of drug-likeness (QED) is 0.919. The molecule has 0 saturated heterocycles. The topological polar surface area (TPSA) is 37.8 Å². The molecule has 0 radical (unpaired) electrons. The summed E-state index contributed by atoms with van der Waals surface area (Å²) < 4.78 is 37.8. The van der Waals surface area contributed by atoms with Gasteiger partial charge in [-0.1, -0.05) is 13.0 Å². The fourth-order valence-electron chi connectivity index (χ4n) is 1.85. The third-order valence-corrected chi connectivity index (χ3v) is 3.88. The molecule has 0 aliphatic carbocycles. The molecule has 1 unspecified atom stereocenters. The molecule has 0 saturated carbocycles. The lowest BCUT2D eigenvalue weighted by molar-refractivity contribution is -0.137. The van der Waals surface area contributed by atoms with E-state index < -0.39 is 11.2 Å². The van der Waals surface area contributed by atoms with Crippen molar-refractivity contribution in [2.24, 2.45) is 0 Å². The Hall–Kier alpha value is -1.47. The van der Waals surface area contributed by atoms with E-state index in [1.54, 1.807) is 12.4 Å². The van der Waals surface area contributed by atoms with Crippen LogP contribution in [0.4, 0.5) is 13.2 Å². The summed E-state index contributed by atoms with van der Waals surface area (Å²) in [6, 6.07) is 3.53. The van der Waals surface area contributed by atoms with Crippen molar-refractivity contribution in [3.63, 3.8) is 0 Å². The normalized spacial score (nSPS) is 13.4. The molecular formula is C13H14F3N3S. The molecule has 1 atom stereocenters. The Kier molecular flexibility index (Phi) is 4.72. The molecule has 0 fully saturated rings. The van der Waals surface area contributed by atoms with Crippen LogP contribution in [0.2, 0.25) is 0 Å². The maximum absolute atomic E-state index is 12.6. The molecule has 2 rings (SSSR count). The van der Waals surface area contributed by atoms with E-state index in [1.807, 2.05) is 19.1 Å². The molecule has 2 heterocycles. The second kappa shape index (κ2) is 6.32. The van der Waals surface area contributed by atoms with Crippen molar-refractivity contribution < 1.29 is 13.2 Å². The molecule has 1 N–H and O–H groups in total. The number of nitrogens with zero attached hydrogens (tertiary/aromatic N) is 2. The van der Waals surface area contributed by atoms with Gasteiger partial charge >= 0.3 is 6.18 Å². The Balaban J connectivity index is 2.18. The van der Waals surface area contributed by atoms with Gasteiger partial charge in [-0.05, 0) is 24.6 Å². The standard InChI is InChI=1S/C13H14F3N3S/c1-2-18-10(6-9-4-3-5-17-7-9)11-8-19-12(20-11)13(14,15)16/h3-5,7-8,10,18H,2,6H2,1H3. The van der Waals surface area contributed by atoms with Crippen LogP contribution in [0.5, 0.6) is 0 Å². The van der Waals surface area contributed by atoms with Gasteiger partial charge in [0.15, 0.2) is 5.01 Å². The highest BCUT2D eigenvalue weighted by Gasteiger charge is 2.35. The Morgan fingerprint density at radius 1 is 1.35 bits per heavy atom. The number of hydrogen-bond donors (Lipinski definition) is 1. The summed E-state index contributed by atoms with van der Waals surface area (Å²) in [4.78, 5) is 8.07. The minimum Gasteiger partial charge on any atom is -0.309 e. The summed E-state index contributed by atoms with van der Waals surface area (Å²) in [5, 5.41) is 2.38. The number of thiazole rings is 1. The number of pyridine rings is 1. The van der Waals surface area contributed by atoms with E-state index >= 15 is 0 Å². The van der Waals surface area contributed by atoms with Gasteiger partial charge in [-0.25, -0.2) is 4.98 Å². The number of aromatic nitrogens is 2. The van der Waals surface area contributed by atoms with E-state index in [0.29, 0.717) is 29.2 Å². The molecule has 20 heavy (non-hydrogen) atoms. The van der Waals surface area contributed by atoms with E-state index in [-0.39, 0.29) is 6.04 Å². The predicted octanol–water partition coefficient (Wildman–Crippen LogP) is 3.45. The number of nitrogens with one attached hydrogen (secondary N) is 1. The average Bonchev–Trinajstić information content (AvgIpc) is 2.89. The van der Waals surface area contributed by atoms with Gasteiger partial charge in [0.25, 0.3) is 0 Å². The molecule has 108 valence electrons. The smallest absolute Gasteiger partial charge is 0.309 e. The number of hydrogen-bond acceptors (Lipinski definition) is 4. The largest absolute Gasteiger partial charge is 0.443 e. The zero-order chi connectivity index (χ0) is 14.6. The van der Waals surface area contributed by atoms with Gasteiger partial charge in [0, 0.05) is 29.5 Å². The van der Waals surface area contributed by atoms with Crippen LogP contribution in [0.1, 0.15) is 28.4 Å². The molecule has 2 aromatic rings. The molecule has 0 aliphatic heterocycles. The number of likely N-dealkylation sites (N-methyl/N-ethyl adjacent to an activating group) is 1. The van der Waals surface area contributed by atoms with Crippen molar-refractivity contribution in [1.82, 2.24) is 15.3 Å². The Morgan fingerprint density at radius 3 is 2.70 bits per heavy atom. The van der Waals surface area contributed by atoms with Crippen LogP contribution in [0.15, 0.2) is 30.7 Å². The summed E-state index contributed by atoms with van der Waals surface area (Å²) in [7, 11) is 0. The molecule has 2 aromatic heterocycles. The maximum Gasteiger partial charge on any atom is 0.443 e. The lowest BCUT2D eigenvalue weighted by Gasteiger charge is -2.15. The number of rotatable bonds is 5. The van der Waals surface area contributed by atoms with Crippen LogP contribution >= 0.6 is 11.3 Å². The second-order valence-electron chi connectivity index (χ2n) is 4.24. The summed E-state index contributed by atoms with van der Waals surface area (Å²) >= 11 is 0.688. The zero-order valence-corrected chi connectivity index (χ0v) is 11.6. The van der Waals surface area contributed by atoms with Crippen LogP contribution in [-0.2, 0) is 12.6 Å². The molecule has 0 amide bonds. The Labute approximate surface area is 118 Å². The summed E-state index contributed by atoms with van der Waals surface area (Å²) in [6.07, 6.45) is 0.891. The van der Waals surface area contributed by atoms with Gasteiger partial charge in [0.2, 0.25) is 0 Å². The van der Waals surface area contributed by atoms with E-state index in [1.165, 1.54) is 6.20 Å². The predicted molar refractivity (Wildman–Crippen MR) is 71.5 cm³/mol. The van der Waals surface area contributed by atoms with Crippen molar-refractivity contribution in [3.05, 3.63) is 46.2 Å².